The zero-order valence-electron chi connectivity index (χ0n) is 23.2. The minimum absolute atomic E-state index is 1.10. The molecule has 1 nitrogen and oxygen atoms in total. The van der Waals surface area contributed by atoms with Crippen LogP contribution in [0.15, 0.2) is 127 Å². The van der Waals surface area contributed by atoms with Crippen LogP contribution in [0.25, 0.3) is 33.4 Å². The van der Waals surface area contributed by atoms with Gasteiger partial charge >= 0.3 is 0 Å². The molecular weight excluding hydrogens is 482 g/mol. The fourth-order valence-electron chi connectivity index (χ4n) is 6.32. The van der Waals surface area contributed by atoms with Crippen LogP contribution in [0.5, 0.6) is 0 Å². The van der Waals surface area contributed by atoms with Crippen LogP contribution in [0.3, 0.4) is 0 Å². The van der Waals surface area contributed by atoms with Gasteiger partial charge < -0.3 is 5.32 Å². The second-order valence-electron chi connectivity index (χ2n) is 11.2. The molecule has 1 heteroatoms. The van der Waals surface area contributed by atoms with Crippen LogP contribution >= 0.6 is 0 Å². The number of aryl methyl sites for hydroxylation is 2. The Morgan fingerprint density at radius 2 is 1.20 bits per heavy atom. The van der Waals surface area contributed by atoms with Crippen LogP contribution in [0.4, 0.5) is 11.4 Å². The molecule has 0 aromatic heterocycles. The molecule has 0 heterocycles. The number of benzene rings is 5. The first kappa shape index (κ1) is 24.4. The normalized spacial score (nSPS) is 14.0. The molecule has 5 aromatic rings. The molecule has 0 fully saturated rings. The monoisotopic (exact) mass is 515 g/mol. The summed E-state index contributed by atoms with van der Waals surface area (Å²) in [6, 6.07) is 41.9. The van der Waals surface area contributed by atoms with Crippen molar-refractivity contribution in [3.8, 4) is 22.3 Å². The lowest BCUT2D eigenvalue weighted by molar-refractivity contribution is 0.948. The van der Waals surface area contributed by atoms with Gasteiger partial charge in [-0.15, -0.1) is 0 Å². The molecule has 1 N–H and O–H groups in total. The second-order valence-corrected chi connectivity index (χ2v) is 11.2. The maximum atomic E-state index is 3.68. The highest BCUT2D eigenvalue weighted by molar-refractivity contribution is 5.91. The van der Waals surface area contributed by atoms with E-state index in [0.29, 0.717) is 0 Å². The van der Waals surface area contributed by atoms with Crippen LogP contribution < -0.4 is 5.32 Å². The number of nitrogens with one attached hydrogen (secondary N) is 1. The second kappa shape index (κ2) is 10.2. The highest BCUT2D eigenvalue weighted by Crippen LogP contribution is 2.43. The molecule has 0 amide bonds. The fraction of sp³-hybridized carbons (Fsp3) is 0.128. The molecule has 2 aliphatic carbocycles. The third kappa shape index (κ3) is 4.58. The number of allylic oxidation sites excluding steroid dienone is 4. The van der Waals surface area contributed by atoms with E-state index in [1.165, 1.54) is 61.2 Å². The lowest BCUT2D eigenvalue weighted by Gasteiger charge is -2.17. The van der Waals surface area contributed by atoms with E-state index in [0.717, 1.165) is 30.6 Å². The Kier molecular flexibility index (Phi) is 6.21. The van der Waals surface area contributed by atoms with E-state index < -0.39 is 0 Å². The van der Waals surface area contributed by atoms with Crippen LogP contribution in [-0.4, -0.2) is 0 Å². The predicted octanol–water partition coefficient (Wildman–Crippen LogP) is 10.6. The van der Waals surface area contributed by atoms with Crippen molar-refractivity contribution in [2.75, 3.05) is 5.32 Å². The highest BCUT2D eigenvalue weighted by atomic mass is 14.9. The Labute approximate surface area is 237 Å². The van der Waals surface area contributed by atoms with Gasteiger partial charge in [0.25, 0.3) is 0 Å². The first-order valence-electron chi connectivity index (χ1n) is 14.3. The maximum Gasteiger partial charge on any atom is 0.0390 e. The van der Waals surface area contributed by atoms with Crippen molar-refractivity contribution >= 4 is 22.5 Å². The lowest BCUT2D eigenvalue weighted by Crippen LogP contribution is -1.97. The van der Waals surface area contributed by atoms with E-state index in [2.05, 4.69) is 141 Å². The molecule has 2 aliphatic rings. The zero-order chi connectivity index (χ0) is 27.1. The number of rotatable bonds is 5. The molecule has 0 spiro atoms. The molecule has 5 aromatic carbocycles. The summed E-state index contributed by atoms with van der Waals surface area (Å²) >= 11 is 0. The molecule has 40 heavy (non-hydrogen) atoms. The third-order valence-corrected chi connectivity index (χ3v) is 8.50. The van der Waals surface area contributed by atoms with Gasteiger partial charge in [-0.2, -0.15) is 0 Å². The van der Waals surface area contributed by atoms with Crippen molar-refractivity contribution in [1.29, 1.82) is 0 Å². The quantitative estimate of drug-likeness (QED) is 0.245. The summed E-state index contributed by atoms with van der Waals surface area (Å²) in [7, 11) is 0. The molecule has 0 bridgehead atoms. The minimum Gasteiger partial charge on any atom is -0.355 e. The van der Waals surface area contributed by atoms with Crippen molar-refractivity contribution < 1.29 is 0 Å². The molecule has 0 radical (unpaired) electrons. The smallest absolute Gasteiger partial charge is 0.0390 e. The molecule has 0 saturated carbocycles. The van der Waals surface area contributed by atoms with Gasteiger partial charge in [-0.1, -0.05) is 96.6 Å². The van der Waals surface area contributed by atoms with Crippen molar-refractivity contribution in [3.05, 3.63) is 155 Å². The third-order valence-electron chi connectivity index (χ3n) is 8.50. The summed E-state index contributed by atoms with van der Waals surface area (Å²) in [6.45, 7) is 4.38. The number of anilines is 2. The Hall–Kier alpha value is -4.62. The van der Waals surface area contributed by atoms with Gasteiger partial charge in [-0.05, 0) is 125 Å². The Bertz CT molecular complexity index is 1820. The van der Waals surface area contributed by atoms with Gasteiger partial charge in [0, 0.05) is 11.4 Å². The van der Waals surface area contributed by atoms with E-state index >= 15 is 0 Å². The van der Waals surface area contributed by atoms with Gasteiger partial charge in [-0.3, -0.25) is 0 Å². The lowest BCUT2D eigenvalue weighted by atomic mass is 9.88. The molecule has 194 valence electrons. The molecule has 0 unspecified atom stereocenters. The Morgan fingerprint density at radius 1 is 0.525 bits per heavy atom. The minimum atomic E-state index is 1.10. The molecule has 0 saturated heterocycles. The zero-order valence-corrected chi connectivity index (χ0v) is 23.2. The van der Waals surface area contributed by atoms with Gasteiger partial charge in [-0.25, -0.2) is 0 Å². The van der Waals surface area contributed by atoms with E-state index in [1.807, 2.05) is 0 Å². The van der Waals surface area contributed by atoms with E-state index in [4.69, 9.17) is 0 Å². The Morgan fingerprint density at radius 3 is 2.02 bits per heavy atom. The fourth-order valence-corrected chi connectivity index (χ4v) is 6.32. The predicted molar refractivity (Wildman–Crippen MR) is 171 cm³/mol. The standard InChI is InChI=1S/C39H33N/c1-26-9-3-5-15-36(26)38-24-30(18-17-27(38)2)28-11-7-13-34(22-28)40-35-14-8-12-29(23-35)31-19-20-33-21-32-10-4-6-16-37(32)39(33)25-31/h3-18,22-25,40H,19-21H2,1-2H3. The number of hydrogen-bond donors (Lipinski definition) is 1. The number of hydrogen-bond acceptors (Lipinski definition) is 1. The molecule has 0 aliphatic heterocycles. The van der Waals surface area contributed by atoms with E-state index in [9.17, 15) is 0 Å². The van der Waals surface area contributed by atoms with Gasteiger partial charge in [0.05, 0.1) is 0 Å². The largest absolute Gasteiger partial charge is 0.355 e. The highest BCUT2D eigenvalue weighted by Gasteiger charge is 2.23. The van der Waals surface area contributed by atoms with Crippen molar-refractivity contribution in [2.24, 2.45) is 0 Å². The van der Waals surface area contributed by atoms with Crippen molar-refractivity contribution in [1.82, 2.24) is 0 Å². The van der Waals surface area contributed by atoms with E-state index in [1.54, 1.807) is 5.57 Å². The van der Waals surface area contributed by atoms with E-state index in [-0.39, 0.29) is 0 Å². The summed E-state index contributed by atoms with van der Waals surface area (Å²) in [5.74, 6) is 0. The van der Waals surface area contributed by atoms with Crippen LogP contribution in [0, 0.1) is 13.8 Å². The van der Waals surface area contributed by atoms with Crippen LogP contribution in [-0.2, 0) is 6.42 Å². The van der Waals surface area contributed by atoms with Crippen molar-refractivity contribution in [2.45, 2.75) is 33.1 Å². The van der Waals surface area contributed by atoms with Crippen LogP contribution in [0.2, 0.25) is 0 Å². The first-order chi connectivity index (χ1) is 19.6. The van der Waals surface area contributed by atoms with Gasteiger partial charge in [0.2, 0.25) is 0 Å². The van der Waals surface area contributed by atoms with Gasteiger partial charge in [0.1, 0.15) is 0 Å². The van der Waals surface area contributed by atoms with Crippen molar-refractivity contribution in [3.63, 3.8) is 0 Å². The SMILES string of the molecule is Cc1ccccc1-c1cc(-c2cccc(Nc3cccc(C4=CC5=C(CC4)Cc4ccccc45)c3)c2)ccc1C. The maximum absolute atomic E-state index is 3.68. The summed E-state index contributed by atoms with van der Waals surface area (Å²) in [5.41, 5.74) is 18.5. The molecular formula is C39H33N. The molecule has 7 rings (SSSR count). The van der Waals surface area contributed by atoms with Crippen LogP contribution in [0.1, 0.15) is 40.7 Å². The topological polar surface area (TPSA) is 12.0 Å². The average molecular weight is 516 g/mol. The Balaban J connectivity index is 1.16. The first-order valence-corrected chi connectivity index (χ1v) is 14.3. The number of fused-ring (bicyclic) bond motifs is 2. The summed E-state index contributed by atoms with van der Waals surface area (Å²) in [5, 5.41) is 3.68. The summed E-state index contributed by atoms with van der Waals surface area (Å²) < 4.78 is 0. The van der Waals surface area contributed by atoms with Gasteiger partial charge in [0.15, 0.2) is 0 Å². The summed E-state index contributed by atoms with van der Waals surface area (Å²) in [4.78, 5) is 0. The summed E-state index contributed by atoms with van der Waals surface area (Å²) in [6.07, 6.45) is 5.80. The molecule has 0 atom stereocenters. The average Bonchev–Trinajstić information content (AvgIpc) is 3.36.